The van der Waals surface area contributed by atoms with Crippen molar-refractivity contribution in [3.63, 3.8) is 0 Å². The Morgan fingerprint density at radius 1 is 1.04 bits per heavy atom. The highest BCUT2D eigenvalue weighted by molar-refractivity contribution is 9.10. The number of rotatable bonds is 8. The van der Waals surface area contributed by atoms with Gasteiger partial charge in [0.15, 0.2) is 11.5 Å². The Kier molecular flexibility index (Phi) is 6.47. The fraction of sp³-hybridized carbons (Fsp3) is 0.278. The van der Waals surface area contributed by atoms with E-state index in [0.717, 1.165) is 17.6 Å². The molecule has 0 saturated carbocycles. The molecule has 0 aliphatic rings. The number of benzene rings is 2. The Labute approximate surface area is 144 Å². The highest BCUT2D eigenvalue weighted by atomic mass is 79.9. The normalized spacial score (nSPS) is 10.2. The molecular weight excluding hydrogens is 360 g/mol. The maximum absolute atomic E-state index is 10.9. The van der Waals surface area contributed by atoms with Gasteiger partial charge < -0.3 is 14.2 Å². The molecule has 0 spiro atoms. The fourth-order valence-corrected chi connectivity index (χ4v) is 2.65. The first-order chi connectivity index (χ1) is 11.2. The lowest BCUT2D eigenvalue weighted by Crippen LogP contribution is -2.11. The molecule has 0 unspecified atom stereocenters. The van der Waals surface area contributed by atoms with Crippen molar-refractivity contribution in [3.8, 4) is 17.2 Å². The minimum atomic E-state index is 0.368. The number of ether oxygens (including phenoxy) is 3. The molecule has 0 saturated heterocycles. The number of para-hydroxylation sites is 1. The van der Waals surface area contributed by atoms with Gasteiger partial charge in [0.05, 0.1) is 11.1 Å². The molecule has 0 fully saturated rings. The van der Waals surface area contributed by atoms with Gasteiger partial charge >= 0.3 is 0 Å². The minimum Gasteiger partial charge on any atom is -0.490 e. The molecule has 2 rings (SSSR count). The third-order valence-electron chi connectivity index (χ3n) is 3.15. The predicted octanol–water partition coefficient (Wildman–Crippen LogP) is 4.43. The van der Waals surface area contributed by atoms with Crippen LogP contribution < -0.4 is 14.2 Å². The van der Waals surface area contributed by atoms with Gasteiger partial charge in [0, 0.05) is 5.56 Å². The van der Waals surface area contributed by atoms with Crippen molar-refractivity contribution in [3.05, 3.63) is 52.0 Å². The van der Waals surface area contributed by atoms with Gasteiger partial charge in [-0.25, -0.2) is 0 Å². The van der Waals surface area contributed by atoms with E-state index in [1.165, 1.54) is 0 Å². The maximum atomic E-state index is 10.9. The summed E-state index contributed by atoms with van der Waals surface area (Å²) in [6.45, 7) is 5.15. The van der Waals surface area contributed by atoms with Crippen LogP contribution in [-0.4, -0.2) is 26.1 Å². The van der Waals surface area contributed by atoms with Crippen molar-refractivity contribution in [2.24, 2.45) is 0 Å². The smallest absolute Gasteiger partial charge is 0.175 e. The summed E-state index contributed by atoms with van der Waals surface area (Å²) in [5.41, 5.74) is 1.61. The number of aryl methyl sites for hydroxylation is 1. The molecule has 0 heterocycles. The summed E-state index contributed by atoms with van der Waals surface area (Å²) in [6.07, 6.45) is 0.776. The Morgan fingerprint density at radius 2 is 1.78 bits per heavy atom. The largest absolute Gasteiger partial charge is 0.490 e. The van der Waals surface area contributed by atoms with Crippen molar-refractivity contribution in [2.75, 3.05) is 19.8 Å². The van der Waals surface area contributed by atoms with Crippen LogP contribution >= 0.6 is 15.9 Å². The highest BCUT2D eigenvalue weighted by Crippen LogP contribution is 2.36. The second kappa shape index (κ2) is 8.58. The molecule has 2 aromatic rings. The number of hydrogen-bond acceptors (Lipinski definition) is 4. The first kappa shape index (κ1) is 17.3. The van der Waals surface area contributed by atoms with Crippen molar-refractivity contribution in [1.29, 1.82) is 0 Å². The summed E-state index contributed by atoms with van der Waals surface area (Å²) in [4.78, 5) is 10.9. The molecule has 0 bridgehead atoms. The van der Waals surface area contributed by atoms with E-state index in [4.69, 9.17) is 14.2 Å². The zero-order chi connectivity index (χ0) is 16.7. The van der Waals surface area contributed by atoms with E-state index in [0.29, 0.717) is 41.4 Å². The molecule has 0 radical (unpaired) electrons. The maximum Gasteiger partial charge on any atom is 0.175 e. The van der Waals surface area contributed by atoms with Crippen LogP contribution in [0.15, 0.2) is 40.9 Å². The van der Waals surface area contributed by atoms with Crippen LogP contribution in [0, 0.1) is 6.92 Å². The standard InChI is InChI=1S/C18H19BrO4/c1-3-21-17-11-14(12-20)10-15(19)18(17)23-9-8-22-16-7-5-4-6-13(16)2/h4-7,10-12H,3,8-9H2,1-2H3. The summed E-state index contributed by atoms with van der Waals surface area (Å²) in [5.74, 6) is 1.96. The van der Waals surface area contributed by atoms with Crippen LogP contribution in [0.4, 0.5) is 0 Å². The number of carbonyl (C=O) groups excluding carboxylic acids is 1. The predicted molar refractivity (Wildman–Crippen MR) is 92.9 cm³/mol. The Balaban J connectivity index is 1.99. The quantitative estimate of drug-likeness (QED) is 0.503. The summed E-state index contributed by atoms with van der Waals surface area (Å²) in [7, 11) is 0. The van der Waals surface area contributed by atoms with Gasteiger partial charge in [-0.05, 0) is 53.5 Å². The Hall–Kier alpha value is -2.01. The Bertz CT molecular complexity index is 670. The van der Waals surface area contributed by atoms with Gasteiger partial charge in [-0.15, -0.1) is 0 Å². The number of carbonyl (C=O) groups is 1. The Morgan fingerprint density at radius 3 is 2.48 bits per heavy atom. The van der Waals surface area contributed by atoms with Gasteiger partial charge in [-0.2, -0.15) is 0 Å². The van der Waals surface area contributed by atoms with Crippen LogP contribution in [0.25, 0.3) is 0 Å². The number of aldehydes is 1. The third-order valence-corrected chi connectivity index (χ3v) is 3.74. The second-order valence-corrected chi connectivity index (χ2v) is 5.70. The van der Waals surface area contributed by atoms with E-state index >= 15 is 0 Å². The summed E-state index contributed by atoms with van der Waals surface area (Å²) in [6, 6.07) is 11.2. The zero-order valence-electron chi connectivity index (χ0n) is 13.2. The van der Waals surface area contributed by atoms with E-state index in [9.17, 15) is 4.79 Å². The number of halogens is 1. The lowest BCUT2D eigenvalue weighted by Gasteiger charge is -2.15. The van der Waals surface area contributed by atoms with Crippen LogP contribution in [-0.2, 0) is 0 Å². The third kappa shape index (κ3) is 4.73. The topological polar surface area (TPSA) is 44.8 Å². The van der Waals surface area contributed by atoms with Crippen molar-refractivity contribution < 1.29 is 19.0 Å². The van der Waals surface area contributed by atoms with E-state index < -0.39 is 0 Å². The molecule has 2 aromatic carbocycles. The second-order valence-electron chi connectivity index (χ2n) is 4.84. The van der Waals surface area contributed by atoms with Crippen LogP contribution in [0.3, 0.4) is 0 Å². The van der Waals surface area contributed by atoms with Gasteiger partial charge in [-0.3, -0.25) is 4.79 Å². The van der Waals surface area contributed by atoms with Gasteiger partial charge in [0.1, 0.15) is 25.2 Å². The van der Waals surface area contributed by atoms with E-state index in [1.807, 2.05) is 38.1 Å². The van der Waals surface area contributed by atoms with Gasteiger partial charge in [0.2, 0.25) is 0 Å². The fourth-order valence-electron chi connectivity index (χ4n) is 2.07. The monoisotopic (exact) mass is 378 g/mol. The summed E-state index contributed by atoms with van der Waals surface area (Å²) < 4.78 is 17.7. The minimum absolute atomic E-state index is 0.368. The molecule has 0 amide bonds. The highest BCUT2D eigenvalue weighted by Gasteiger charge is 2.12. The van der Waals surface area contributed by atoms with E-state index in [1.54, 1.807) is 12.1 Å². The van der Waals surface area contributed by atoms with Crippen molar-refractivity contribution in [2.45, 2.75) is 13.8 Å². The van der Waals surface area contributed by atoms with E-state index in [-0.39, 0.29) is 0 Å². The zero-order valence-corrected chi connectivity index (χ0v) is 14.8. The molecule has 23 heavy (non-hydrogen) atoms. The first-order valence-corrected chi connectivity index (χ1v) is 8.17. The van der Waals surface area contributed by atoms with E-state index in [2.05, 4.69) is 15.9 Å². The average molecular weight is 379 g/mol. The van der Waals surface area contributed by atoms with Gasteiger partial charge in [0.25, 0.3) is 0 Å². The van der Waals surface area contributed by atoms with Gasteiger partial charge in [-0.1, -0.05) is 18.2 Å². The van der Waals surface area contributed by atoms with Crippen molar-refractivity contribution >= 4 is 22.2 Å². The molecule has 0 N–H and O–H groups in total. The lowest BCUT2D eigenvalue weighted by molar-refractivity contribution is 0.112. The molecule has 4 nitrogen and oxygen atoms in total. The molecule has 0 atom stereocenters. The molecular formula is C18H19BrO4. The van der Waals surface area contributed by atoms with Crippen LogP contribution in [0.5, 0.6) is 17.2 Å². The van der Waals surface area contributed by atoms with Crippen LogP contribution in [0.2, 0.25) is 0 Å². The van der Waals surface area contributed by atoms with Crippen LogP contribution in [0.1, 0.15) is 22.8 Å². The summed E-state index contributed by atoms with van der Waals surface area (Å²) in [5, 5.41) is 0. The number of hydrogen-bond donors (Lipinski definition) is 0. The first-order valence-electron chi connectivity index (χ1n) is 7.38. The average Bonchev–Trinajstić information content (AvgIpc) is 2.55. The SMILES string of the molecule is CCOc1cc(C=O)cc(Br)c1OCCOc1ccccc1C. The molecule has 0 aliphatic heterocycles. The molecule has 0 aromatic heterocycles. The van der Waals surface area contributed by atoms with Crippen molar-refractivity contribution in [1.82, 2.24) is 0 Å². The lowest BCUT2D eigenvalue weighted by atomic mass is 10.2. The molecule has 5 heteroatoms. The summed E-state index contributed by atoms with van der Waals surface area (Å²) >= 11 is 3.41. The molecule has 0 aliphatic carbocycles. The molecule has 122 valence electrons.